The summed E-state index contributed by atoms with van der Waals surface area (Å²) in [6.45, 7) is 5.02. The highest BCUT2D eigenvalue weighted by atomic mass is 35.5. The zero-order valence-corrected chi connectivity index (χ0v) is 17.5. The summed E-state index contributed by atoms with van der Waals surface area (Å²) in [4.78, 5) is 32.0. The van der Waals surface area contributed by atoms with Gasteiger partial charge in [-0.15, -0.1) is 0 Å². The van der Waals surface area contributed by atoms with E-state index in [1.807, 2.05) is 6.92 Å². The molecule has 1 heterocycles. The molecule has 1 aliphatic heterocycles. The van der Waals surface area contributed by atoms with Crippen LogP contribution in [0.4, 0.5) is 10.1 Å². The van der Waals surface area contributed by atoms with Gasteiger partial charge < -0.3 is 4.74 Å². The maximum absolute atomic E-state index is 14.3. The Morgan fingerprint density at radius 1 is 1.24 bits per heavy atom. The molecule has 3 rings (SSSR count). The Morgan fingerprint density at radius 2 is 1.93 bits per heavy atom. The van der Waals surface area contributed by atoms with E-state index in [9.17, 15) is 14.0 Å². The number of nitrogens with zero attached hydrogens (tertiary/aromatic N) is 2. The molecule has 5 nitrogen and oxygen atoms in total. The lowest BCUT2D eigenvalue weighted by molar-refractivity contribution is -0.147. The Balaban J connectivity index is 2.34. The molecule has 1 amide bonds. The van der Waals surface area contributed by atoms with Crippen molar-refractivity contribution in [3.05, 3.63) is 64.4 Å². The largest absolute Gasteiger partial charge is 0.467 e. The van der Waals surface area contributed by atoms with Gasteiger partial charge in [-0.1, -0.05) is 36.7 Å². The Morgan fingerprint density at radius 3 is 2.55 bits per heavy atom. The molecule has 1 aliphatic rings. The molecule has 0 aliphatic carbocycles. The van der Waals surface area contributed by atoms with Crippen molar-refractivity contribution in [3.8, 4) is 0 Å². The van der Waals surface area contributed by atoms with E-state index in [2.05, 4.69) is 4.99 Å². The van der Waals surface area contributed by atoms with Gasteiger partial charge in [0.1, 0.15) is 17.4 Å². The van der Waals surface area contributed by atoms with Gasteiger partial charge in [0.2, 0.25) is 0 Å². The normalized spacial score (nSPS) is 16.8. The lowest BCUT2D eigenvalue weighted by Gasteiger charge is -2.37. The van der Waals surface area contributed by atoms with Gasteiger partial charge in [-0.25, -0.2) is 9.18 Å². The van der Waals surface area contributed by atoms with E-state index in [1.165, 1.54) is 30.2 Å². The molecule has 0 aromatic heterocycles. The number of amides is 1. The van der Waals surface area contributed by atoms with E-state index in [0.717, 1.165) is 0 Å². The van der Waals surface area contributed by atoms with Crippen LogP contribution in [0.15, 0.2) is 47.5 Å². The maximum atomic E-state index is 14.3. The number of benzene rings is 2. The number of hydrogen-bond donors (Lipinski definition) is 0. The van der Waals surface area contributed by atoms with Crippen molar-refractivity contribution < 1.29 is 18.7 Å². The van der Waals surface area contributed by atoms with Gasteiger partial charge in [0, 0.05) is 16.1 Å². The minimum absolute atomic E-state index is 0.363. The standard InChI is InChI=1S/C22H22ClFN2O3/c1-5-17-20(27)26(22(2,3)21(28)29-4)18-11-10-13(24)12-15(18)19(25-17)14-8-6-7-9-16(14)23/h6-12,17H,5H2,1-4H3. The molecule has 0 saturated carbocycles. The second kappa shape index (κ2) is 7.95. The number of halogens is 2. The highest BCUT2D eigenvalue weighted by molar-refractivity contribution is 6.36. The molecular formula is C22H22ClFN2O3. The third-order valence-electron chi connectivity index (χ3n) is 5.00. The minimum atomic E-state index is -1.32. The molecule has 2 aromatic carbocycles. The van der Waals surface area contributed by atoms with Crippen molar-refractivity contribution in [2.75, 3.05) is 12.0 Å². The molecule has 1 atom stereocenters. The van der Waals surface area contributed by atoms with Crippen LogP contribution in [0.3, 0.4) is 0 Å². The zero-order chi connectivity index (χ0) is 21.3. The Labute approximate surface area is 174 Å². The first-order chi connectivity index (χ1) is 13.7. The van der Waals surface area contributed by atoms with E-state index < -0.39 is 23.4 Å². The number of benzodiazepines with no additional fused rings is 1. The van der Waals surface area contributed by atoms with Crippen LogP contribution in [0.5, 0.6) is 0 Å². The fourth-order valence-corrected chi connectivity index (χ4v) is 3.72. The topological polar surface area (TPSA) is 59.0 Å². The average Bonchev–Trinajstić information content (AvgIpc) is 2.81. The highest BCUT2D eigenvalue weighted by Crippen LogP contribution is 2.36. The summed E-state index contributed by atoms with van der Waals surface area (Å²) in [5, 5.41) is 0.435. The van der Waals surface area contributed by atoms with Gasteiger partial charge in [-0.2, -0.15) is 0 Å². The summed E-state index contributed by atoms with van der Waals surface area (Å²) in [5.74, 6) is -1.43. The summed E-state index contributed by atoms with van der Waals surface area (Å²) in [7, 11) is 1.26. The van der Waals surface area contributed by atoms with Crippen LogP contribution in [0.1, 0.15) is 38.3 Å². The Kier molecular flexibility index (Phi) is 5.75. The van der Waals surface area contributed by atoms with Crippen molar-refractivity contribution in [1.82, 2.24) is 0 Å². The number of hydrogen-bond acceptors (Lipinski definition) is 4. The fraction of sp³-hybridized carbons (Fsp3) is 0.318. The summed E-state index contributed by atoms with van der Waals surface area (Å²) >= 11 is 6.40. The summed E-state index contributed by atoms with van der Waals surface area (Å²) in [6, 6.07) is 10.3. The monoisotopic (exact) mass is 416 g/mol. The highest BCUT2D eigenvalue weighted by Gasteiger charge is 2.44. The van der Waals surface area contributed by atoms with E-state index in [1.54, 1.807) is 38.1 Å². The number of rotatable bonds is 4. The molecule has 7 heteroatoms. The number of carbonyl (C=O) groups is 2. The van der Waals surface area contributed by atoms with Crippen LogP contribution in [-0.4, -0.2) is 36.3 Å². The SMILES string of the molecule is CCC1N=C(c2ccccc2Cl)c2cc(F)ccc2N(C(C)(C)C(=O)OC)C1=O. The van der Waals surface area contributed by atoms with E-state index >= 15 is 0 Å². The average molecular weight is 417 g/mol. The van der Waals surface area contributed by atoms with Gasteiger partial charge in [0.15, 0.2) is 0 Å². The first-order valence-electron chi connectivity index (χ1n) is 9.27. The molecular weight excluding hydrogens is 395 g/mol. The number of aliphatic imine (C=N–C) groups is 1. The number of anilines is 1. The third-order valence-corrected chi connectivity index (χ3v) is 5.33. The minimum Gasteiger partial charge on any atom is -0.467 e. The number of esters is 1. The molecule has 1 unspecified atom stereocenters. The van der Waals surface area contributed by atoms with Crippen LogP contribution in [0, 0.1) is 5.82 Å². The van der Waals surface area contributed by atoms with Crippen LogP contribution < -0.4 is 4.90 Å². The van der Waals surface area contributed by atoms with Crippen molar-refractivity contribution >= 4 is 34.9 Å². The second-order valence-corrected chi connectivity index (χ2v) is 7.67. The van der Waals surface area contributed by atoms with E-state index in [-0.39, 0.29) is 5.91 Å². The zero-order valence-electron chi connectivity index (χ0n) is 16.7. The first-order valence-corrected chi connectivity index (χ1v) is 9.65. The van der Waals surface area contributed by atoms with Crippen molar-refractivity contribution in [3.63, 3.8) is 0 Å². The molecule has 0 N–H and O–H groups in total. The van der Waals surface area contributed by atoms with E-state index in [0.29, 0.717) is 34.0 Å². The fourth-order valence-electron chi connectivity index (χ4n) is 3.49. The maximum Gasteiger partial charge on any atom is 0.331 e. The smallest absolute Gasteiger partial charge is 0.331 e. The lowest BCUT2D eigenvalue weighted by atomic mass is 9.96. The molecule has 0 saturated heterocycles. The molecule has 152 valence electrons. The predicted octanol–water partition coefficient (Wildman–Crippen LogP) is 4.39. The molecule has 0 fully saturated rings. The predicted molar refractivity (Wildman–Crippen MR) is 111 cm³/mol. The third kappa shape index (κ3) is 3.65. The van der Waals surface area contributed by atoms with Gasteiger partial charge in [0.25, 0.3) is 5.91 Å². The van der Waals surface area contributed by atoms with Crippen molar-refractivity contribution in [1.29, 1.82) is 0 Å². The molecule has 0 bridgehead atoms. The number of methoxy groups -OCH3 is 1. The molecule has 0 spiro atoms. The van der Waals surface area contributed by atoms with E-state index in [4.69, 9.17) is 16.3 Å². The molecule has 0 radical (unpaired) electrons. The summed E-state index contributed by atoms with van der Waals surface area (Å²) in [5.41, 5.74) is 0.441. The summed E-state index contributed by atoms with van der Waals surface area (Å²) in [6.07, 6.45) is 0.400. The van der Waals surface area contributed by atoms with Gasteiger partial charge in [-0.05, 0) is 44.5 Å². The van der Waals surface area contributed by atoms with Gasteiger partial charge in [-0.3, -0.25) is 14.7 Å². The Hall–Kier alpha value is -2.73. The summed E-state index contributed by atoms with van der Waals surface area (Å²) < 4.78 is 19.2. The number of fused-ring (bicyclic) bond motifs is 1. The second-order valence-electron chi connectivity index (χ2n) is 7.27. The van der Waals surface area contributed by atoms with Crippen LogP contribution in [0.25, 0.3) is 0 Å². The van der Waals surface area contributed by atoms with Crippen LogP contribution in [-0.2, 0) is 14.3 Å². The number of ether oxygens (including phenoxy) is 1. The van der Waals surface area contributed by atoms with Crippen LogP contribution >= 0.6 is 11.6 Å². The number of carbonyl (C=O) groups excluding carboxylic acids is 2. The lowest BCUT2D eigenvalue weighted by Crippen LogP contribution is -2.56. The van der Waals surface area contributed by atoms with Crippen molar-refractivity contribution in [2.24, 2.45) is 4.99 Å². The molecule has 29 heavy (non-hydrogen) atoms. The Bertz CT molecular complexity index is 1000. The quantitative estimate of drug-likeness (QED) is 0.694. The van der Waals surface area contributed by atoms with Gasteiger partial charge >= 0.3 is 5.97 Å². The first kappa shape index (κ1) is 21.0. The van der Waals surface area contributed by atoms with Gasteiger partial charge in [0.05, 0.1) is 18.5 Å². The molecule has 2 aromatic rings. The van der Waals surface area contributed by atoms with Crippen LogP contribution in [0.2, 0.25) is 5.02 Å². The van der Waals surface area contributed by atoms with Crippen molar-refractivity contribution in [2.45, 2.75) is 38.8 Å².